The average molecular weight is 420 g/mol. The first kappa shape index (κ1) is 20.3. The number of carbonyl (C=O) groups excluding carboxylic acids is 2. The summed E-state index contributed by atoms with van der Waals surface area (Å²) in [4.78, 5) is 27.8. The number of rotatable bonds is 6. The molecule has 1 N–H and O–H groups in total. The average Bonchev–Trinajstić information content (AvgIpc) is 2.99. The molecule has 7 heteroatoms. The smallest absolute Gasteiger partial charge is 0.282 e. The van der Waals surface area contributed by atoms with E-state index >= 15 is 0 Å². The van der Waals surface area contributed by atoms with E-state index in [1.165, 1.54) is 42.5 Å². The minimum atomic E-state index is -0.624. The number of nitrogens with one attached hydrogen (secondary N) is 1. The zero-order chi connectivity index (χ0) is 22.0. The van der Waals surface area contributed by atoms with Crippen molar-refractivity contribution in [3.8, 4) is 5.75 Å². The number of hydrogen-bond donors (Lipinski definition) is 1. The maximum atomic E-state index is 13.7. The second-order valence-corrected chi connectivity index (χ2v) is 6.74. The zero-order valence-corrected chi connectivity index (χ0v) is 16.6. The molecule has 3 aromatic rings. The number of carbonyl (C=O) groups is 2. The normalized spacial score (nSPS) is 13.7. The van der Waals surface area contributed by atoms with Crippen molar-refractivity contribution in [1.82, 2.24) is 0 Å². The van der Waals surface area contributed by atoms with Crippen LogP contribution >= 0.6 is 0 Å². The third-order valence-electron chi connectivity index (χ3n) is 4.72. The summed E-state index contributed by atoms with van der Waals surface area (Å²) in [7, 11) is 0. The number of para-hydroxylation sites is 2. The third kappa shape index (κ3) is 3.90. The fourth-order valence-electron chi connectivity index (χ4n) is 3.38. The molecule has 5 nitrogen and oxygen atoms in total. The SMILES string of the molecule is CCOc1ccccc1N1C(=O)C(Nc2cccc(F)c2)=C(c2ccc(F)cc2)C1=O. The lowest BCUT2D eigenvalue weighted by atomic mass is 10.0. The lowest BCUT2D eigenvalue weighted by Gasteiger charge is -2.19. The molecule has 4 rings (SSSR count). The van der Waals surface area contributed by atoms with Gasteiger partial charge in [0.05, 0.1) is 17.9 Å². The first-order valence-corrected chi connectivity index (χ1v) is 9.63. The van der Waals surface area contributed by atoms with Crippen LogP contribution in [-0.4, -0.2) is 18.4 Å². The zero-order valence-electron chi connectivity index (χ0n) is 16.6. The number of anilines is 2. The molecule has 0 bridgehead atoms. The van der Waals surface area contributed by atoms with E-state index in [0.29, 0.717) is 23.6 Å². The Morgan fingerprint density at radius 2 is 1.61 bits per heavy atom. The Bertz CT molecular complexity index is 1190. The van der Waals surface area contributed by atoms with E-state index < -0.39 is 23.4 Å². The molecule has 0 atom stereocenters. The Labute approximate surface area is 177 Å². The highest BCUT2D eigenvalue weighted by molar-refractivity contribution is 6.46. The van der Waals surface area contributed by atoms with Gasteiger partial charge in [-0.1, -0.05) is 30.3 Å². The predicted octanol–water partition coefficient (Wildman–Crippen LogP) is 4.76. The maximum Gasteiger partial charge on any atom is 0.282 e. The van der Waals surface area contributed by atoms with Crippen LogP contribution < -0.4 is 15.0 Å². The highest BCUT2D eigenvalue weighted by atomic mass is 19.1. The van der Waals surface area contributed by atoms with Gasteiger partial charge in [0, 0.05) is 5.69 Å². The van der Waals surface area contributed by atoms with Crippen molar-refractivity contribution in [2.24, 2.45) is 0 Å². The van der Waals surface area contributed by atoms with Crippen LogP contribution in [0.5, 0.6) is 5.75 Å². The number of imide groups is 1. The maximum absolute atomic E-state index is 13.7. The Kier molecular flexibility index (Phi) is 5.49. The van der Waals surface area contributed by atoms with Crippen LogP contribution in [-0.2, 0) is 9.59 Å². The van der Waals surface area contributed by atoms with Crippen LogP contribution in [0.3, 0.4) is 0 Å². The number of hydrogen-bond acceptors (Lipinski definition) is 4. The van der Waals surface area contributed by atoms with Crippen molar-refractivity contribution in [3.05, 3.63) is 95.7 Å². The molecule has 0 aromatic heterocycles. The molecule has 0 radical (unpaired) electrons. The van der Waals surface area contributed by atoms with Gasteiger partial charge in [0.15, 0.2) is 0 Å². The van der Waals surface area contributed by atoms with Crippen molar-refractivity contribution in [1.29, 1.82) is 0 Å². The molecule has 0 aliphatic carbocycles. The Morgan fingerprint density at radius 3 is 2.32 bits per heavy atom. The van der Waals surface area contributed by atoms with Crippen LogP contribution in [0.2, 0.25) is 0 Å². The van der Waals surface area contributed by atoms with E-state index in [0.717, 1.165) is 4.90 Å². The number of halogens is 2. The number of benzene rings is 3. The minimum Gasteiger partial charge on any atom is -0.492 e. The van der Waals surface area contributed by atoms with Crippen molar-refractivity contribution < 1.29 is 23.1 Å². The molecule has 0 saturated heterocycles. The van der Waals surface area contributed by atoms with Gasteiger partial charge < -0.3 is 10.1 Å². The Morgan fingerprint density at radius 1 is 0.871 bits per heavy atom. The summed E-state index contributed by atoms with van der Waals surface area (Å²) in [5, 5.41) is 2.87. The van der Waals surface area contributed by atoms with Crippen molar-refractivity contribution in [2.45, 2.75) is 6.92 Å². The van der Waals surface area contributed by atoms with Crippen LogP contribution in [0.15, 0.2) is 78.5 Å². The standard InChI is InChI=1S/C24H18F2N2O3/c1-2-31-20-9-4-3-8-19(20)28-23(29)21(15-10-12-16(25)13-11-15)22(24(28)30)27-18-7-5-6-17(26)14-18/h3-14,27H,2H2,1H3. The topological polar surface area (TPSA) is 58.6 Å². The summed E-state index contributed by atoms with van der Waals surface area (Å²) in [5.41, 5.74) is 0.967. The number of nitrogens with zero attached hydrogens (tertiary/aromatic N) is 1. The quantitative estimate of drug-likeness (QED) is 0.584. The Balaban J connectivity index is 1.83. The van der Waals surface area contributed by atoms with E-state index in [4.69, 9.17) is 4.74 Å². The molecule has 2 amide bonds. The minimum absolute atomic E-state index is 0.0338. The van der Waals surface area contributed by atoms with E-state index in [2.05, 4.69) is 5.32 Å². The van der Waals surface area contributed by atoms with Gasteiger partial charge in [-0.2, -0.15) is 0 Å². The van der Waals surface area contributed by atoms with Crippen molar-refractivity contribution in [2.75, 3.05) is 16.8 Å². The van der Waals surface area contributed by atoms with Crippen LogP contribution in [0, 0.1) is 11.6 Å². The van der Waals surface area contributed by atoms with Crippen LogP contribution in [0.4, 0.5) is 20.2 Å². The van der Waals surface area contributed by atoms with Gasteiger partial charge >= 0.3 is 0 Å². The summed E-state index contributed by atoms with van der Waals surface area (Å²) in [6, 6.07) is 17.5. The summed E-state index contributed by atoms with van der Waals surface area (Å²) in [6.07, 6.45) is 0. The highest BCUT2D eigenvalue weighted by Gasteiger charge is 2.41. The largest absolute Gasteiger partial charge is 0.492 e. The van der Waals surface area contributed by atoms with Gasteiger partial charge in [-0.15, -0.1) is 0 Å². The molecule has 0 unspecified atom stereocenters. The molecule has 0 spiro atoms. The van der Waals surface area contributed by atoms with Gasteiger partial charge in [-0.25, -0.2) is 13.7 Å². The van der Waals surface area contributed by atoms with Crippen LogP contribution in [0.1, 0.15) is 12.5 Å². The molecule has 1 heterocycles. The molecule has 1 aliphatic heterocycles. The lowest BCUT2D eigenvalue weighted by Crippen LogP contribution is -2.32. The molecule has 0 fully saturated rings. The predicted molar refractivity (Wildman–Crippen MR) is 113 cm³/mol. The second-order valence-electron chi connectivity index (χ2n) is 6.74. The first-order chi connectivity index (χ1) is 15.0. The van der Waals surface area contributed by atoms with E-state index in [1.807, 2.05) is 0 Å². The van der Waals surface area contributed by atoms with Gasteiger partial charge in [0.2, 0.25) is 0 Å². The molecule has 31 heavy (non-hydrogen) atoms. The fourth-order valence-corrected chi connectivity index (χ4v) is 3.38. The molecular weight excluding hydrogens is 402 g/mol. The van der Waals surface area contributed by atoms with E-state index in [1.54, 1.807) is 37.3 Å². The van der Waals surface area contributed by atoms with Crippen LogP contribution in [0.25, 0.3) is 5.57 Å². The second kappa shape index (κ2) is 8.39. The molecular formula is C24H18F2N2O3. The number of amides is 2. The van der Waals surface area contributed by atoms with Gasteiger partial charge in [0.25, 0.3) is 11.8 Å². The van der Waals surface area contributed by atoms with Gasteiger partial charge in [0.1, 0.15) is 23.1 Å². The summed E-state index contributed by atoms with van der Waals surface area (Å²) >= 11 is 0. The van der Waals surface area contributed by atoms with Gasteiger partial charge in [-0.3, -0.25) is 9.59 Å². The molecule has 1 aliphatic rings. The summed E-state index contributed by atoms with van der Waals surface area (Å²) in [5.74, 6) is -1.82. The van der Waals surface area contributed by atoms with E-state index in [9.17, 15) is 18.4 Å². The summed E-state index contributed by atoms with van der Waals surface area (Å²) in [6.45, 7) is 2.14. The van der Waals surface area contributed by atoms with Crippen molar-refractivity contribution in [3.63, 3.8) is 0 Å². The molecule has 156 valence electrons. The van der Waals surface area contributed by atoms with Crippen molar-refractivity contribution >= 4 is 28.8 Å². The molecule has 0 saturated carbocycles. The molecule has 3 aromatic carbocycles. The van der Waals surface area contributed by atoms with Gasteiger partial charge in [-0.05, 0) is 55.0 Å². The van der Waals surface area contributed by atoms with E-state index in [-0.39, 0.29) is 17.0 Å². The summed E-state index contributed by atoms with van der Waals surface area (Å²) < 4.78 is 32.7. The number of ether oxygens (including phenoxy) is 1. The first-order valence-electron chi connectivity index (χ1n) is 9.63. The Hall–Kier alpha value is -4.00. The fraction of sp³-hybridized carbons (Fsp3) is 0.0833. The monoisotopic (exact) mass is 420 g/mol. The lowest BCUT2D eigenvalue weighted by molar-refractivity contribution is -0.120. The highest BCUT2D eigenvalue weighted by Crippen LogP contribution is 2.37. The third-order valence-corrected chi connectivity index (χ3v) is 4.72.